The van der Waals surface area contributed by atoms with Gasteiger partial charge in [-0.25, -0.2) is 9.89 Å². The van der Waals surface area contributed by atoms with Gasteiger partial charge in [-0.05, 0) is 23.1 Å². The van der Waals surface area contributed by atoms with Crippen molar-refractivity contribution in [3.05, 3.63) is 64.0 Å². The first kappa shape index (κ1) is 14.9. The normalized spacial score (nSPS) is 10.8. The van der Waals surface area contributed by atoms with E-state index in [-0.39, 0.29) is 23.8 Å². The van der Waals surface area contributed by atoms with Crippen molar-refractivity contribution in [1.82, 2.24) is 10.2 Å². The van der Waals surface area contributed by atoms with Gasteiger partial charge in [0, 0.05) is 11.6 Å². The van der Waals surface area contributed by atoms with E-state index in [1.54, 1.807) is 0 Å². The number of hydrogen-bond donors (Lipinski definition) is 3. The first-order chi connectivity index (χ1) is 11.1. The lowest BCUT2D eigenvalue weighted by Crippen LogP contribution is -2.00. The molecule has 0 radical (unpaired) electrons. The van der Waals surface area contributed by atoms with Gasteiger partial charge in [0.15, 0.2) is 0 Å². The van der Waals surface area contributed by atoms with E-state index in [4.69, 9.17) is 4.42 Å². The van der Waals surface area contributed by atoms with Crippen molar-refractivity contribution >= 4 is 0 Å². The summed E-state index contributed by atoms with van der Waals surface area (Å²) in [6.45, 7) is 1.91. The molecule has 0 unspecified atom stereocenters. The fraction of sp³-hybridized carbons (Fsp3) is 0.176. The first-order valence-corrected chi connectivity index (χ1v) is 7.26. The summed E-state index contributed by atoms with van der Waals surface area (Å²) < 4.78 is 4.97. The van der Waals surface area contributed by atoms with Crippen LogP contribution in [0.3, 0.4) is 0 Å². The van der Waals surface area contributed by atoms with E-state index >= 15 is 0 Å². The van der Waals surface area contributed by atoms with Gasteiger partial charge in [0.1, 0.15) is 11.5 Å². The summed E-state index contributed by atoms with van der Waals surface area (Å²) in [4.78, 5) is 11.1. The molecule has 0 bridgehead atoms. The van der Waals surface area contributed by atoms with Crippen LogP contribution in [0.15, 0.2) is 45.6 Å². The highest BCUT2D eigenvalue weighted by molar-refractivity contribution is 5.77. The Morgan fingerprint density at radius 2 is 1.87 bits per heavy atom. The molecule has 0 amide bonds. The molecule has 0 spiro atoms. The largest absolute Gasteiger partial charge is 0.508 e. The zero-order chi connectivity index (χ0) is 16.4. The van der Waals surface area contributed by atoms with Crippen LogP contribution in [0.1, 0.15) is 23.9 Å². The van der Waals surface area contributed by atoms with Crippen molar-refractivity contribution in [3.63, 3.8) is 0 Å². The molecule has 1 aromatic heterocycles. The third-order valence-corrected chi connectivity index (χ3v) is 3.73. The number of aromatic hydroxyl groups is 2. The molecule has 3 rings (SSSR count). The Morgan fingerprint density at radius 1 is 1.13 bits per heavy atom. The van der Waals surface area contributed by atoms with E-state index in [9.17, 15) is 15.0 Å². The number of rotatable bonds is 4. The average Bonchev–Trinajstić information content (AvgIpc) is 2.93. The predicted octanol–water partition coefficient (Wildman–Crippen LogP) is 2.59. The minimum atomic E-state index is -0.635. The van der Waals surface area contributed by atoms with Gasteiger partial charge in [-0.2, -0.15) is 0 Å². The second-order valence-electron chi connectivity index (χ2n) is 5.15. The molecule has 1 heterocycles. The highest BCUT2D eigenvalue weighted by atomic mass is 16.4. The van der Waals surface area contributed by atoms with Gasteiger partial charge in [0.25, 0.3) is 0 Å². The van der Waals surface area contributed by atoms with E-state index < -0.39 is 5.76 Å². The summed E-state index contributed by atoms with van der Waals surface area (Å²) in [7, 11) is 0. The minimum Gasteiger partial charge on any atom is -0.508 e. The van der Waals surface area contributed by atoms with Gasteiger partial charge in [-0.1, -0.05) is 37.3 Å². The number of nitrogens with one attached hydrogen (secondary N) is 1. The maximum Gasteiger partial charge on any atom is 0.434 e. The lowest BCUT2D eigenvalue weighted by Gasteiger charge is -2.16. The summed E-state index contributed by atoms with van der Waals surface area (Å²) in [6.07, 6.45) is 0.754. The van der Waals surface area contributed by atoms with Crippen molar-refractivity contribution in [2.24, 2.45) is 0 Å². The third-order valence-electron chi connectivity index (χ3n) is 3.73. The smallest absolute Gasteiger partial charge is 0.434 e. The zero-order valence-corrected chi connectivity index (χ0v) is 12.5. The molecular formula is C17H16N2O4. The number of aromatic nitrogens is 2. The number of benzene rings is 2. The molecule has 0 aliphatic rings. The molecule has 0 saturated heterocycles. The van der Waals surface area contributed by atoms with E-state index in [1.165, 1.54) is 6.07 Å². The van der Waals surface area contributed by atoms with Crippen LogP contribution in [0, 0.1) is 0 Å². The fourth-order valence-electron chi connectivity index (χ4n) is 2.75. The number of aromatic amines is 1. The van der Waals surface area contributed by atoms with Gasteiger partial charge in [-0.3, -0.25) is 0 Å². The highest BCUT2D eigenvalue weighted by Gasteiger charge is 2.20. The molecule has 0 atom stereocenters. The highest BCUT2D eigenvalue weighted by Crippen LogP contribution is 2.40. The molecule has 0 saturated carbocycles. The molecule has 118 valence electrons. The van der Waals surface area contributed by atoms with E-state index in [0.717, 1.165) is 5.56 Å². The SMILES string of the molecule is CCc1c(O)cc(O)c(-c2ccccc2)c1Cc1n[nH]c(=O)o1. The third kappa shape index (κ3) is 2.83. The molecule has 0 fully saturated rings. The predicted molar refractivity (Wildman–Crippen MR) is 84.5 cm³/mol. The van der Waals surface area contributed by atoms with Crippen LogP contribution in [-0.2, 0) is 12.8 Å². The number of phenolic OH excluding ortho intramolecular Hbond substituents is 2. The lowest BCUT2D eigenvalue weighted by molar-refractivity contribution is 0.444. The molecule has 3 aromatic rings. The van der Waals surface area contributed by atoms with Crippen molar-refractivity contribution in [2.45, 2.75) is 19.8 Å². The number of H-pyrrole nitrogens is 1. The standard InChI is InChI=1S/C17H16N2O4/c1-2-11-12(8-15-18-19-17(22)23-15)16(14(21)9-13(11)20)10-6-4-3-5-7-10/h3-7,9,20-21H,2,8H2,1H3,(H,19,22). The lowest BCUT2D eigenvalue weighted by atomic mass is 9.90. The quantitative estimate of drug-likeness (QED) is 0.687. The topological polar surface area (TPSA) is 99.4 Å². The monoisotopic (exact) mass is 312 g/mol. The number of hydrogen-bond acceptors (Lipinski definition) is 5. The van der Waals surface area contributed by atoms with E-state index in [0.29, 0.717) is 23.1 Å². The number of phenols is 2. The second-order valence-corrected chi connectivity index (χ2v) is 5.15. The van der Waals surface area contributed by atoms with Gasteiger partial charge in [-0.15, -0.1) is 5.10 Å². The fourth-order valence-corrected chi connectivity index (χ4v) is 2.75. The molecular weight excluding hydrogens is 296 g/mol. The van der Waals surface area contributed by atoms with Crippen LogP contribution in [0.5, 0.6) is 11.5 Å². The van der Waals surface area contributed by atoms with Crippen molar-refractivity contribution in [3.8, 4) is 22.6 Å². The second kappa shape index (κ2) is 6.00. The van der Waals surface area contributed by atoms with E-state index in [1.807, 2.05) is 37.3 Å². The van der Waals surface area contributed by atoms with Gasteiger partial charge in [0.05, 0.1) is 6.42 Å². The van der Waals surface area contributed by atoms with Crippen molar-refractivity contribution in [2.75, 3.05) is 0 Å². The van der Waals surface area contributed by atoms with Crippen molar-refractivity contribution < 1.29 is 14.6 Å². The van der Waals surface area contributed by atoms with Crippen LogP contribution in [0.4, 0.5) is 0 Å². The number of nitrogens with zero attached hydrogens (tertiary/aromatic N) is 1. The summed E-state index contributed by atoms with van der Waals surface area (Å²) in [5, 5.41) is 26.5. The molecule has 6 heteroatoms. The van der Waals surface area contributed by atoms with E-state index in [2.05, 4.69) is 10.2 Å². The molecule has 0 aliphatic heterocycles. The Hall–Kier alpha value is -3.02. The minimum absolute atomic E-state index is 0.0116. The van der Waals surface area contributed by atoms with Gasteiger partial charge < -0.3 is 14.6 Å². The van der Waals surface area contributed by atoms with Crippen LogP contribution in [0.2, 0.25) is 0 Å². The Morgan fingerprint density at radius 3 is 2.48 bits per heavy atom. The summed E-state index contributed by atoms with van der Waals surface area (Å²) in [5.41, 5.74) is 2.79. The average molecular weight is 312 g/mol. The maximum atomic E-state index is 11.1. The van der Waals surface area contributed by atoms with Crippen LogP contribution < -0.4 is 5.76 Å². The molecule has 6 nitrogen and oxygen atoms in total. The summed E-state index contributed by atoms with van der Waals surface area (Å²) in [6, 6.07) is 10.7. The first-order valence-electron chi connectivity index (χ1n) is 7.26. The Labute approximate surface area is 132 Å². The Kier molecular flexibility index (Phi) is 3.89. The molecule has 23 heavy (non-hydrogen) atoms. The summed E-state index contributed by atoms with van der Waals surface area (Å²) in [5.74, 6) is -0.452. The zero-order valence-electron chi connectivity index (χ0n) is 12.5. The van der Waals surface area contributed by atoms with Crippen LogP contribution >= 0.6 is 0 Å². The summed E-state index contributed by atoms with van der Waals surface area (Å²) >= 11 is 0. The Balaban J connectivity index is 2.23. The maximum absolute atomic E-state index is 11.1. The molecule has 0 aliphatic carbocycles. The van der Waals surface area contributed by atoms with Crippen LogP contribution in [0.25, 0.3) is 11.1 Å². The van der Waals surface area contributed by atoms with Gasteiger partial charge in [0.2, 0.25) is 5.89 Å². The van der Waals surface area contributed by atoms with Crippen LogP contribution in [-0.4, -0.2) is 20.4 Å². The Bertz CT molecular complexity index is 881. The van der Waals surface area contributed by atoms with Crippen molar-refractivity contribution in [1.29, 1.82) is 0 Å². The molecule has 3 N–H and O–H groups in total. The van der Waals surface area contributed by atoms with Gasteiger partial charge >= 0.3 is 5.76 Å². The molecule has 2 aromatic carbocycles.